The largest absolute Gasteiger partial charge is 0.368 e. The van der Waals surface area contributed by atoms with Crippen LogP contribution >= 0.6 is 11.6 Å². The van der Waals surface area contributed by atoms with Gasteiger partial charge >= 0.3 is 0 Å². The van der Waals surface area contributed by atoms with Crippen molar-refractivity contribution in [2.24, 2.45) is 0 Å². The molecule has 0 radical (unpaired) electrons. The summed E-state index contributed by atoms with van der Waals surface area (Å²) in [5.41, 5.74) is 5.60. The molecule has 1 aliphatic rings. The first-order valence-corrected chi connectivity index (χ1v) is 12.1. The highest BCUT2D eigenvalue weighted by atomic mass is 35.5. The molecule has 6 nitrogen and oxygen atoms in total. The van der Waals surface area contributed by atoms with Crippen LogP contribution in [0.3, 0.4) is 0 Å². The maximum Gasteiger partial charge on any atom is 0.270 e. The first-order chi connectivity index (χ1) is 16.6. The van der Waals surface area contributed by atoms with Crippen LogP contribution in [-0.4, -0.2) is 41.5 Å². The van der Waals surface area contributed by atoms with Crippen molar-refractivity contribution in [1.29, 1.82) is 0 Å². The predicted octanol–water partition coefficient (Wildman–Crippen LogP) is 4.81. The Morgan fingerprint density at radius 3 is 2.21 bits per heavy atom. The van der Waals surface area contributed by atoms with E-state index in [1.807, 2.05) is 13.0 Å². The van der Waals surface area contributed by atoms with Gasteiger partial charge in [-0.1, -0.05) is 48.9 Å². The minimum atomic E-state index is -0.146. The zero-order valence-electron chi connectivity index (χ0n) is 19.2. The molecular weight excluding hydrogens is 446 g/mol. The number of pyridine rings is 1. The van der Waals surface area contributed by atoms with Gasteiger partial charge in [-0.3, -0.25) is 9.20 Å². The molecule has 0 aliphatic carbocycles. The lowest BCUT2D eigenvalue weighted by atomic mass is 10.1. The Morgan fingerprint density at radius 2 is 1.56 bits per heavy atom. The minimum absolute atomic E-state index is 0.146. The lowest BCUT2D eigenvalue weighted by molar-refractivity contribution is 0.0944. The fourth-order valence-corrected chi connectivity index (χ4v) is 4.67. The van der Waals surface area contributed by atoms with Crippen LogP contribution in [0.4, 0.5) is 11.4 Å². The fraction of sp³-hybridized carbons (Fsp3) is 0.259. The molecule has 1 aliphatic heterocycles. The molecule has 0 atom stereocenters. The normalized spacial score (nSPS) is 13.9. The SMILES string of the molecule is CCc1nc2ccc(Cl)cn2c1C(=O)NCc1ccc(N2CCN(c3ccccc3)CC2)cc1. The number of halogens is 1. The molecule has 1 N–H and O–H groups in total. The van der Waals surface area contributed by atoms with Crippen molar-refractivity contribution in [3.63, 3.8) is 0 Å². The molecule has 0 bridgehead atoms. The number of aromatic nitrogens is 2. The average molecular weight is 474 g/mol. The first-order valence-electron chi connectivity index (χ1n) is 11.7. The van der Waals surface area contributed by atoms with Gasteiger partial charge in [0.1, 0.15) is 11.3 Å². The van der Waals surface area contributed by atoms with E-state index in [1.165, 1.54) is 11.4 Å². The molecule has 0 unspecified atom stereocenters. The standard InChI is InChI=1S/C27H28ClN5O/c1-2-24-26(33-19-21(28)10-13-25(33)30-24)27(34)29-18-20-8-11-23(12-9-20)32-16-14-31(15-17-32)22-6-4-3-5-7-22/h3-13,19H,2,14-18H2,1H3,(H,29,34). The summed E-state index contributed by atoms with van der Waals surface area (Å²) in [7, 11) is 0. The fourth-order valence-electron chi connectivity index (χ4n) is 4.51. The molecule has 174 valence electrons. The number of imidazole rings is 1. The quantitative estimate of drug-likeness (QED) is 0.436. The van der Waals surface area contributed by atoms with Crippen LogP contribution in [0.25, 0.3) is 5.65 Å². The third-order valence-electron chi connectivity index (χ3n) is 6.36. The first kappa shape index (κ1) is 22.3. The molecule has 34 heavy (non-hydrogen) atoms. The highest BCUT2D eigenvalue weighted by Crippen LogP contribution is 2.21. The molecule has 2 aromatic heterocycles. The maximum absolute atomic E-state index is 13.0. The number of nitrogens with one attached hydrogen (secondary N) is 1. The van der Waals surface area contributed by atoms with Crippen molar-refractivity contribution in [3.8, 4) is 0 Å². The van der Waals surface area contributed by atoms with E-state index in [-0.39, 0.29) is 5.91 Å². The number of hydrogen-bond acceptors (Lipinski definition) is 4. The van der Waals surface area contributed by atoms with Gasteiger partial charge in [0, 0.05) is 50.3 Å². The van der Waals surface area contributed by atoms with Gasteiger partial charge in [0.25, 0.3) is 5.91 Å². The number of aryl methyl sites for hydroxylation is 1. The molecule has 7 heteroatoms. The Balaban J connectivity index is 1.21. The Labute approximate surface area is 204 Å². The molecule has 1 amide bonds. The molecule has 5 rings (SSSR count). The Morgan fingerprint density at radius 1 is 0.912 bits per heavy atom. The van der Waals surface area contributed by atoms with E-state index < -0.39 is 0 Å². The second-order valence-electron chi connectivity index (χ2n) is 8.49. The topological polar surface area (TPSA) is 52.9 Å². The van der Waals surface area contributed by atoms with Crippen LogP contribution in [0, 0.1) is 0 Å². The molecule has 1 saturated heterocycles. The molecular formula is C27H28ClN5O. The number of para-hydroxylation sites is 1. The third-order valence-corrected chi connectivity index (χ3v) is 6.58. The number of piperazine rings is 1. The second kappa shape index (κ2) is 9.77. The van der Waals surface area contributed by atoms with Gasteiger partial charge in [0.2, 0.25) is 0 Å². The highest BCUT2D eigenvalue weighted by molar-refractivity contribution is 6.30. The van der Waals surface area contributed by atoms with Crippen molar-refractivity contribution in [2.75, 3.05) is 36.0 Å². The van der Waals surface area contributed by atoms with Crippen molar-refractivity contribution in [3.05, 3.63) is 94.9 Å². The van der Waals surface area contributed by atoms with Crippen LogP contribution < -0.4 is 15.1 Å². The zero-order chi connectivity index (χ0) is 23.5. The summed E-state index contributed by atoms with van der Waals surface area (Å²) < 4.78 is 1.77. The summed E-state index contributed by atoms with van der Waals surface area (Å²) in [6, 6.07) is 22.7. The van der Waals surface area contributed by atoms with Crippen LogP contribution in [0.1, 0.15) is 28.7 Å². The Bertz CT molecular complexity index is 1280. The van der Waals surface area contributed by atoms with Crippen molar-refractivity contribution >= 4 is 34.5 Å². The average Bonchev–Trinajstić information content (AvgIpc) is 3.26. The van der Waals surface area contributed by atoms with Crippen molar-refractivity contribution < 1.29 is 4.79 Å². The van der Waals surface area contributed by atoms with E-state index in [2.05, 4.69) is 74.7 Å². The van der Waals surface area contributed by atoms with Gasteiger partial charge in [-0.2, -0.15) is 0 Å². The van der Waals surface area contributed by atoms with Gasteiger partial charge in [-0.05, 0) is 48.4 Å². The summed E-state index contributed by atoms with van der Waals surface area (Å²) in [5, 5.41) is 3.62. The summed E-state index contributed by atoms with van der Waals surface area (Å²) in [4.78, 5) is 22.4. The number of carbonyl (C=O) groups is 1. The van der Waals surface area contributed by atoms with Crippen LogP contribution in [0.5, 0.6) is 0 Å². The zero-order valence-corrected chi connectivity index (χ0v) is 20.0. The van der Waals surface area contributed by atoms with Crippen molar-refractivity contribution in [2.45, 2.75) is 19.9 Å². The van der Waals surface area contributed by atoms with E-state index in [0.29, 0.717) is 23.7 Å². The van der Waals surface area contributed by atoms with E-state index in [4.69, 9.17) is 11.6 Å². The molecule has 2 aromatic carbocycles. The van der Waals surface area contributed by atoms with Gasteiger partial charge in [-0.25, -0.2) is 4.98 Å². The van der Waals surface area contributed by atoms with Gasteiger partial charge < -0.3 is 15.1 Å². The number of anilines is 2. The molecule has 0 saturated carbocycles. The maximum atomic E-state index is 13.0. The minimum Gasteiger partial charge on any atom is -0.368 e. The smallest absolute Gasteiger partial charge is 0.270 e. The van der Waals surface area contributed by atoms with Crippen LogP contribution in [0.15, 0.2) is 72.9 Å². The number of amides is 1. The summed E-state index contributed by atoms with van der Waals surface area (Å²) in [6.45, 7) is 6.44. The van der Waals surface area contributed by atoms with E-state index in [0.717, 1.165) is 43.1 Å². The molecule has 3 heterocycles. The Hall–Kier alpha value is -3.51. The summed E-state index contributed by atoms with van der Waals surface area (Å²) in [5.74, 6) is -0.146. The van der Waals surface area contributed by atoms with Gasteiger partial charge in [0.15, 0.2) is 0 Å². The number of carbonyl (C=O) groups excluding carboxylic acids is 1. The predicted molar refractivity (Wildman–Crippen MR) is 138 cm³/mol. The number of hydrogen-bond donors (Lipinski definition) is 1. The lowest BCUT2D eigenvalue weighted by Gasteiger charge is -2.37. The van der Waals surface area contributed by atoms with Crippen LogP contribution in [-0.2, 0) is 13.0 Å². The Kier molecular flexibility index (Phi) is 6.41. The molecule has 1 fully saturated rings. The molecule has 0 spiro atoms. The van der Waals surface area contributed by atoms with E-state index in [9.17, 15) is 4.79 Å². The number of rotatable bonds is 6. The lowest BCUT2D eigenvalue weighted by Crippen LogP contribution is -2.46. The highest BCUT2D eigenvalue weighted by Gasteiger charge is 2.19. The number of nitrogens with zero attached hydrogens (tertiary/aromatic N) is 4. The summed E-state index contributed by atoms with van der Waals surface area (Å²) in [6.07, 6.45) is 2.42. The second-order valence-corrected chi connectivity index (χ2v) is 8.93. The monoisotopic (exact) mass is 473 g/mol. The van der Waals surface area contributed by atoms with Gasteiger partial charge in [-0.15, -0.1) is 0 Å². The third kappa shape index (κ3) is 4.59. The number of fused-ring (bicyclic) bond motifs is 1. The summed E-state index contributed by atoms with van der Waals surface area (Å²) >= 11 is 6.15. The van der Waals surface area contributed by atoms with Crippen molar-refractivity contribution in [1.82, 2.24) is 14.7 Å². The van der Waals surface area contributed by atoms with Gasteiger partial charge in [0.05, 0.1) is 10.7 Å². The van der Waals surface area contributed by atoms with E-state index in [1.54, 1.807) is 16.7 Å². The van der Waals surface area contributed by atoms with Crippen LogP contribution in [0.2, 0.25) is 5.02 Å². The molecule has 4 aromatic rings. The van der Waals surface area contributed by atoms with E-state index >= 15 is 0 Å². The number of benzene rings is 2.